The maximum absolute atomic E-state index is 6.57. The number of pyridine rings is 1. The van der Waals surface area contributed by atoms with Crippen LogP contribution in [0.25, 0.3) is 0 Å². The van der Waals surface area contributed by atoms with Gasteiger partial charge in [-0.1, -0.05) is 30.6 Å². The van der Waals surface area contributed by atoms with Crippen molar-refractivity contribution >= 4 is 0 Å². The highest BCUT2D eigenvalue weighted by molar-refractivity contribution is 5.26. The van der Waals surface area contributed by atoms with Gasteiger partial charge < -0.3 is 4.74 Å². The standard InChI is InChI=1S/C18H23NO/c1-2-9-16-14(7-1)15-8-3-4-10-17(15)20-18(16)13-6-5-11-19-12-13/h5-7,11-12,15-18H,1-4,8-10H2/t15-,16-,17-,18+/m0/s1. The minimum absolute atomic E-state index is 0.245. The Morgan fingerprint density at radius 2 is 1.95 bits per heavy atom. The van der Waals surface area contributed by atoms with Crippen molar-refractivity contribution in [1.82, 2.24) is 4.98 Å². The molecule has 2 heterocycles. The van der Waals surface area contributed by atoms with Gasteiger partial charge in [0.25, 0.3) is 0 Å². The molecule has 4 rings (SSSR count). The van der Waals surface area contributed by atoms with Crippen LogP contribution in [0.15, 0.2) is 36.2 Å². The van der Waals surface area contributed by atoms with Crippen molar-refractivity contribution < 1.29 is 4.74 Å². The molecule has 0 N–H and O–H groups in total. The number of nitrogens with zero attached hydrogens (tertiary/aromatic N) is 1. The highest BCUT2D eigenvalue weighted by atomic mass is 16.5. The molecular formula is C18H23NO. The summed E-state index contributed by atoms with van der Waals surface area (Å²) < 4.78 is 6.57. The lowest BCUT2D eigenvalue weighted by Gasteiger charge is -2.47. The average Bonchev–Trinajstić information content (AvgIpc) is 2.55. The van der Waals surface area contributed by atoms with E-state index in [9.17, 15) is 0 Å². The van der Waals surface area contributed by atoms with Crippen LogP contribution < -0.4 is 0 Å². The summed E-state index contributed by atoms with van der Waals surface area (Å²) >= 11 is 0. The fraction of sp³-hybridized carbons (Fsp3) is 0.611. The van der Waals surface area contributed by atoms with E-state index in [1.54, 1.807) is 5.57 Å². The zero-order chi connectivity index (χ0) is 13.4. The molecule has 20 heavy (non-hydrogen) atoms. The number of hydrogen-bond donors (Lipinski definition) is 0. The number of aromatic nitrogens is 1. The van der Waals surface area contributed by atoms with Crippen molar-refractivity contribution in [3.63, 3.8) is 0 Å². The van der Waals surface area contributed by atoms with Gasteiger partial charge in [0.1, 0.15) is 0 Å². The van der Waals surface area contributed by atoms with Gasteiger partial charge in [-0.05, 0) is 43.7 Å². The SMILES string of the molecule is C1=C2[C@@H]3CCCC[C@@H]3O[C@H](c3cccnc3)[C@H]2CCC1. The van der Waals surface area contributed by atoms with Crippen molar-refractivity contribution in [2.24, 2.45) is 11.8 Å². The molecular weight excluding hydrogens is 246 g/mol. The Kier molecular flexibility index (Phi) is 3.35. The summed E-state index contributed by atoms with van der Waals surface area (Å²) in [6.45, 7) is 0. The molecule has 0 spiro atoms. The number of allylic oxidation sites excluding steroid dienone is 1. The van der Waals surface area contributed by atoms with Crippen LogP contribution in [0.2, 0.25) is 0 Å². The molecule has 1 saturated carbocycles. The van der Waals surface area contributed by atoms with E-state index in [1.165, 1.54) is 50.5 Å². The minimum Gasteiger partial charge on any atom is -0.369 e. The Bertz CT molecular complexity index is 495. The molecule has 0 radical (unpaired) electrons. The Morgan fingerprint density at radius 1 is 1.05 bits per heavy atom. The van der Waals surface area contributed by atoms with Gasteiger partial charge in [0.05, 0.1) is 12.2 Å². The monoisotopic (exact) mass is 269 g/mol. The Hall–Kier alpha value is -1.15. The quantitative estimate of drug-likeness (QED) is 0.703. The van der Waals surface area contributed by atoms with E-state index in [4.69, 9.17) is 4.74 Å². The maximum Gasteiger partial charge on any atom is 0.0909 e. The molecule has 106 valence electrons. The summed E-state index contributed by atoms with van der Waals surface area (Å²) in [7, 11) is 0. The van der Waals surface area contributed by atoms with Gasteiger partial charge in [-0.25, -0.2) is 0 Å². The lowest BCUT2D eigenvalue weighted by atomic mass is 9.68. The highest BCUT2D eigenvalue weighted by Gasteiger charge is 2.43. The van der Waals surface area contributed by atoms with E-state index in [0.717, 1.165) is 0 Å². The van der Waals surface area contributed by atoms with Gasteiger partial charge in [0.2, 0.25) is 0 Å². The predicted molar refractivity (Wildman–Crippen MR) is 79.2 cm³/mol. The van der Waals surface area contributed by atoms with Crippen molar-refractivity contribution in [1.29, 1.82) is 0 Å². The first-order chi connectivity index (χ1) is 9.93. The van der Waals surface area contributed by atoms with Crippen LogP contribution in [0.4, 0.5) is 0 Å². The second-order valence-electron chi connectivity index (χ2n) is 6.51. The van der Waals surface area contributed by atoms with E-state index in [1.807, 2.05) is 18.5 Å². The average molecular weight is 269 g/mol. The summed E-state index contributed by atoms with van der Waals surface area (Å²) in [5.74, 6) is 1.31. The Balaban J connectivity index is 1.70. The molecule has 4 atom stereocenters. The van der Waals surface area contributed by atoms with Gasteiger partial charge in [-0.3, -0.25) is 4.98 Å². The van der Waals surface area contributed by atoms with Crippen LogP contribution in [0.1, 0.15) is 56.6 Å². The Labute approximate surface area is 121 Å². The van der Waals surface area contributed by atoms with Gasteiger partial charge in [-0.2, -0.15) is 0 Å². The molecule has 2 nitrogen and oxygen atoms in total. The summed E-state index contributed by atoms with van der Waals surface area (Å²) in [4.78, 5) is 4.30. The predicted octanol–water partition coefficient (Wildman–Crippen LogP) is 4.44. The molecule has 0 amide bonds. The normalized spacial score (nSPS) is 36.7. The largest absolute Gasteiger partial charge is 0.369 e. The molecule has 1 saturated heterocycles. The topological polar surface area (TPSA) is 22.1 Å². The molecule has 1 aliphatic heterocycles. The van der Waals surface area contributed by atoms with Crippen molar-refractivity contribution in [2.75, 3.05) is 0 Å². The van der Waals surface area contributed by atoms with E-state index in [0.29, 0.717) is 17.9 Å². The number of ether oxygens (including phenoxy) is 1. The van der Waals surface area contributed by atoms with Crippen LogP contribution in [0, 0.1) is 11.8 Å². The molecule has 1 aromatic heterocycles. The lowest BCUT2D eigenvalue weighted by molar-refractivity contribution is -0.106. The fourth-order valence-corrected chi connectivity index (χ4v) is 4.46. The second kappa shape index (κ2) is 5.33. The third kappa shape index (κ3) is 2.10. The summed E-state index contributed by atoms with van der Waals surface area (Å²) in [5, 5.41) is 0. The highest BCUT2D eigenvalue weighted by Crippen LogP contribution is 2.50. The summed E-state index contributed by atoms with van der Waals surface area (Å²) in [6, 6.07) is 4.23. The van der Waals surface area contributed by atoms with E-state index >= 15 is 0 Å². The zero-order valence-electron chi connectivity index (χ0n) is 12.0. The smallest absolute Gasteiger partial charge is 0.0909 e. The van der Waals surface area contributed by atoms with Gasteiger partial charge in [0.15, 0.2) is 0 Å². The van der Waals surface area contributed by atoms with E-state index in [2.05, 4.69) is 17.1 Å². The van der Waals surface area contributed by atoms with Gasteiger partial charge in [0, 0.05) is 24.2 Å². The molecule has 3 aliphatic rings. The van der Waals surface area contributed by atoms with E-state index in [-0.39, 0.29) is 6.10 Å². The zero-order valence-corrected chi connectivity index (χ0v) is 12.0. The first kappa shape index (κ1) is 12.6. The van der Waals surface area contributed by atoms with E-state index < -0.39 is 0 Å². The Morgan fingerprint density at radius 3 is 2.85 bits per heavy atom. The van der Waals surface area contributed by atoms with Crippen LogP contribution in [-0.2, 0) is 4.74 Å². The molecule has 0 aromatic carbocycles. The first-order valence-electron chi connectivity index (χ1n) is 8.19. The second-order valence-corrected chi connectivity index (χ2v) is 6.51. The number of hydrogen-bond acceptors (Lipinski definition) is 2. The van der Waals surface area contributed by atoms with Gasteiger partial charge >= 0.3 is 0 Å². The number of fused-ring (bicyclic) bond motifs is 3. The fourth-order valence-electron chi connectivity index (χ4n) is 4.46. The molecule has 0 unspecified atom stereocenters. The molecule has 2 fully saturated rings. The third-order valence-corrected chi connectivity index (χ3v) is 5.36. The molecule has 0 bridgehead atoms. The van der Waals surface area contributed by atoms with Crippen molar-refractivity contribution in [3.05, 3.63) is 41.7 Å². The van der Waals surface area contributed by atoms with Gasteiger partial charge in [-0.15, -0.1) is 0 Å². The molecule has 2 heteroatoms. The lowest BCUT2D eigenvalue weighted by Crippen LogP contribution is -2.41. The van der Waals surface area contributed by atoms with Crippen LogP contribution >= 0.6 is 0 Å². The summed E-state index contributed by atoms with van der Waals surface area (Å²) in [5.41, 5.74) is 3.00. The number of rotatable bonds is 1. The van der Waals surface area contributed by atoms with Crippen molar-refractivity contribution in [3.8, 4) is 0 Å². The maximum atomic E-state index is 6.57. The molecule has 2 aliphatic carbocycles. The summed E-state index contributed by atoms with van der Waals surface area (Å²) in [6.07, 6.45) is 16.3. The molecule has 1 aromatic rings. The van der Waals surface area contributed by atoms with Crippen molar-refractivity contribution in [2.45, 2.75) is 57.2 Å². The van der Waals surface area contributed by atoms with Crippen LogP contribution in [0.5, 0.6) is 0 Å². The minimum atomic E-state index is 0.245. The van der Waals surface area contributed by atoms with Crippen LogP contribution in [-0.4, -0.2) is 11.1 Å². The van der Waals surface area contributed by atoms with Crippen LogP contribution in [0.3, 0.4) is 0 Å². The first-order valence-corrected chi connectivity index (χ1v) is 8.19. The third-order valence-electron chi connectivity index (χ3n) is 5.36.